The second kappa shape index (κ2) is 5.61. The molecule has 1 saturated heterocycles. The van der Waals surface area contributed by atoms with Gasteiger partial charge in [0.15, 0.2) is 0 Å². The van der Waals surface area contributed by atoms with Crippen LogP contribution < -0.4 is 0 Å². The summed E-state index contributed by atoms with van der Waals surface area (Å²) in [5, 5.41) is 0.159. The molecule has 0 aromatic heterocycles. The predicted molar refractivity (Wildman–Crippen MR) is 65.5 cm³/mol. The van der Waals surface area contributed by atoms with Gasteiger partial charge in [0.1, 0.15) is 12.1 Å². The third-order valence-electron chi connectivity index (χ3n) is 3.12. The Morgan fingerprint density at radius 3 is 3.06 bits per heavy atom. The average Bonchev–Trinajstić information content (AvgIpc) is 2.34. The van der Waals surface area contributed by atoms with Crippen molar-refractivity contribution in [3.63, 3.8) is 0 Å². The van der Waals surface area contributed by atoms with E-state index < -0.39 is 0 Å². The van der Waals surface area contributed by atoms with E-state index in [2.05, 4.69) is 4.90 Å². The lowest BCUT2D eigenvalue weighted by Crippen LogP contribution is -2.35. The summed E-state index contributed by atoms with van der Waals surface area (Å²) in [6.45, 7) is 2.50. The molecule has 1 heterocycles. The van der Waals surface area contributed by atoms with Crippen molar-refractivity contribution in [2.24, 2.45) is 5.92 Å². The van der Waals surface area contributed by atoms with E-state index in [0.717, 1.165) is 44.3 Å². The zero-order valence-corrected chi connectivity index (χ0v) is 10.3. The fourth-order valence-corrected chi connectivity index (χ4v) is 2.45. The van der Waals surface area contributed by atoms with Crippen LogP contribution in [0.25, 0.3) is 0 Å². The predicted octanol–water partition coefficient (Wildman–Crippen LogP) is 2.89. The van der Waals surface area contributed by atoms with Crippen LogP contribution in [0.1, 0.15) is 18.4 Å². The van der Waals surface area contributed by atoms with Gasteiger partial charge in [0.2, 0.25) is 0 Å². The molecular weight excluding hydrogens is 241 g/mol. The van der Waals surface area contributed by atoms with Crippen molar-refractivity contribution >= 4 is 17.9 Å². The van der Waals surface area contributed by atoms with Crippen LogP contribution in [0, 0.1) is 11.7 Å². The number of hydrogen-bond acceptors (Lipinski definition) is 2. The highest BCUT2D eigenvalue weighted by molar-refractivity contribution is 6.30. The Bertz CT molecular complexity index is 410. The molecule has 0 aliphatic carbocycles. The van der Waals surface area contributed by atoms with Crippen LogP contribution in [-0.4, -0.2) is 24.3 Å². The van der Waals surface area contributed by atoms with Gasteiger partial charge >= 0.3 is 0 Å². The van der Waals surface area contributed by atoms with E-state index in [1.165, 1.54) is 6.07 Å². The Kier molecular flexibility index (Phi) is 4.13. The minimum Gasteiger partial charge on any atom is -0.303 e. The molecule has 4 heteroatoms. The van der Waals surface area contributed by atoms with Gasteiger partial charge in [-0.15, -0.1) is 0 Å². The molecule has 0 radical (unpaired) electrons. The minimum atomic E-state index is -0.389. The highest BCUT2D eigenvalue weighted by Gasteiger charge is 2.19. The molecule has 1 aliphatic rings. The molecule has 0 amide bonds. The lowest BCUT2D eigenvalue weighted by molar-refractivity contribution is -0.112. The lowest BCUT2D eigenvalue weighted by Gasteiger charge is -2.30. The SMILES string of the molecule is O=CC1CCCN(Cc2ccc(F)c(Cl)c2)C1. The zero-order chi connectivity index (χ0) is 12.3. The third-order valence-corrected chi connectivity index (χ3v) is 3.41. The first-order valence-electron chi connectivity index (χ1n) is 5.80. The molecule has 2 nitrogen and oxygen atoms in total. The first-order chi connectivity index (χ1) is 8.19. The van der Waals surface area contributed by atoms with Gasteiger partial charge in [-0.05, 0) is 37.1 Å². The van der Waals surface area contributed by atoms with Crippen molar-refractivity contribution in [1.29, 1.82) is 0 Å². The van der Waals surface area contributed by atoms with Crippen molar-refractivity contribution in [1.82, 2.24) is 4.90 Å². The maximum Gasteiger partial charge on any atom is 0.141 e. The number of benzene rings is 1. The standard InChI is InChI=1S/C13H15ClFNO/c14-12-6-10(3-4-13(12)15)7-16-5-1-2-11(8-16)9-17/h3-4,6,9,11H,1-2,5,7-8H2. The molecule has 1 aromatic rings. The van der Waals surface area contributed by atoms with Crippen LogP contribution in [0.4, 0.5) is 4.39 Å². The van der Waals surface area contributed by atoms with E-state index in [1.807, 2.05) is 0 Å². The number of carbonyl (C=O) groups is 1. The molecule has 0 bridgehead atoms. The Morgan fingerprint density at radius 1 is 1.53 bits per heavy atom. The quantitative estimate of drug-likeness (QED) is 0.774. The number of piperidine rings is 1. The first-order valence-corrected chi connectivity index (χ1v) is 6.18. The van der Waals surface area contributed by atoms with Crippen LogP contribution in [0.2, 0.25) is 5.02 Å². The van der Waals surface area contributed by atoms with Gasteiger partial charge in [0.05, 0.1) is 5.02 Å². The summed E-state index contributed by atoms with van der Waals surface area (Å²) < 4.78 is 13.0. The maximum absolute atomic E-state index is 13.0. The average molecular weight is 256 g/mol. The molecule has 1 atom stereocenters. The van der Waals surface area contributed by atoms with E-state index in [0.29, 0.717) is 0 Å². The van der Waals surface area contributed by atoms with Crippen LogP contribution >= 0.6 is 11.6 Å². The monoisotopic (exact) mass is 255 g/mol. The molecule has 0 saturated carbocycles. The minimum absolute atomic E-state index is 0.139. The van der Waals surface area contributed by atoms with Gasteiger partial charge in [-0.25, -0.2) is 4.39 Å². The number of rotatable bonds is 3. The molecule has 1 aliphatic heterocycles. The number of likely N-dealkylation sites (tertiary alicyclic amines) is 1. The maximum atomic E-state index is 13.0. The Labute approximate surface area is 105 Å². The van der Waals surface area contributed by atoms with Crippen molar-refractivity contribution < 1.29 is 9.18 Å². The molecule has 1 aromatic carbocycles. The van der Waals surface area contributed by atoms with E-state index in [4.69, 9.17) is 11.6 Å². The van der Waals surface area contributed by atoms with Gasteiger partial charge in [-0.3, -0.25) is 4.90 Å². The van der Waals surface area contributed by atoms with Crippen LogP contribution in [0.15, 0.2) is 18.2 Å². The summed E-state index contributed by atoms with van der Waals surface area (Å²) in [6.07, 6.45) is 3.05. The van der Waals surface area contributed by atoms with Crippen molar-refractivity contribution in [3.05, 3.63) is 34.6 Å². The Morgan fingerprint density at radius 2 is 2.35 bits per heavy atom. The summed E-state index contributed by atoms with van der Waals surface area (Å²) >= 11 is 5.74. The molecule has 2 rings (SSSR count). The zero-order valence-electron chi connectivity index (χ0n) is 9.53. The summed E-state index contributed by atoms with van der Waals surface area (Å²) in [5.41, 5.74) is 0.989. The summed E-state index contributed by atoms with van der Waals surface area (Å²) in [6, 6.07) is 4.78. The smallest absolute Gasteiger partial charge is 0.141 e. The number of hydrogen-bond donors (Lipinski definition) is 0. The van der Waals surface area contributed by atoms with Gasteiger partial charge in [-0.1, -0.05) is 17.7 Å². The number of carbonyl (C=O) groups excluding carboxylic acids is 1. The number of aldehydes is 1. The van der Waals surface area contributed by atoms with E-state index in [-0.39, 0.29) is 16.8 Å². The van der Waals surface area contributed by atoms with Gasteiger partial charge in [-0.2, -0.15) is 0 Å². The number of halogens is 2. The Hall–Kier alpha value is -0.930. The molecular formula is C13H15ClFNO. The second-order valence-electron chi connectivity index (χ2n) is 4.52. The second-order valence-corrected chi connectivity index (χ2v) is 4.93. The molecule has 92 valence electrons. The van der Waals surface area contributed by atoms with E-state index >= 15 is 0 Å². The van der Waals surface area contributed by atoms with Crippen molar-refractivity contribution in [2.75, 3.05) is 13.1 Å². The van der Waals surface area contributed by atoms with Crippen LogP contribution in [0.3, 0.4) is 0 Å². The first kappa shape index (κ1) is 12.5. The van der Waals surface area contributed by atoms with Crippen LogP contribution in [0.5, 0.6) is 0 Å². The third kappa shape index (κ3) is 3.27. The molecule has 1 unspecified atom stereocenters. The molecule has 0 N–H and O–H groups in total. The van der Waals surface area contributed by atoms with Crippen molar-refractivity contribution in [2.45, 2.75) is 19.4 Å². The van der Waals surface area contributed by atoms with Gasteiger partial charge in [0, 0.05) is 19.0 Å². The fraction of sp³-hybridized carbons (Fsp3) is 0.462. The molecule has 1 fully saturated rings. The van der Waals surface area contributed by atoms with Gasteiger partial charge < -0.3 is 4.79 Å². The highest BCUT2D eigenvalue weighted by atomic mass is 35.5. The summed E-state index contributed by atoms with van der Waals surface area (Å²) in [7, 11) is 0. The summed E-state index contributed by atoms with van der Waals surface area (Å²) in [4.78, 5) is 13.0. The van der Waals surface area contributed by atoms with Gasteiger partial charge in [0.25, 0.3) is 0 Å². The largest absolute Gasteiger partial charge is 0.303 e. The lowest BCUT2D eigenvalue weighted by atomic mass is 9.99. The van der Waals surface area contributed by atoms with E-state index in [1.54, 1.807) is 12.1 Å². The molecule has 0 spiro atoms. The topological polar surface area (TPSA) is 20.3 Å². The van der Waals surface area contributed by atoms with Crippen molar-refractivity contribution in [3.8, 4) is 0 Å². The Balaban J connectivity index is 2.00. The highest BCUT2D eigenvalue weighted by Crippen LogP contribution is 2.20. The molecule has 17 heavy (non-hydrogen) atoms. The number of nitrogens with zero attached hydrogens (tertiary/aromatic N) is 1. The van der Waals surface area contributed by atoms with E-state index in [9.17, 15) is 9.18 Å². The summed E-state index contributed by atoms with van der Waals surface area (Å²) in [5.74, 6) is -0.250. The van der Waals surface area contributed by atoms with Crippen LogP contribution in [-0.2, 0) is 11.3 Å². The normalized spacial score (nSPS) is 21.4. The fourth-order valence-electron chi connectivity index (χ4n) is 2.24.